The lowest BCUT2D eigenvalue weighted by molar-refractivity contribution is 0.671. The largest absolute Gasteiger partial charge is 0.324 e. The van der Waals surface area contributed by atoms with E-state index in [0.717, 1.165) is 17.5 Å². The van der Waals surface area contributed by atoms with E-state index in [1.165, 1.54) is 11.1 Å². The Kier molecular flexibility index (Phi) is 4.10. The van der Waals surface area contributed by atoms with Crippen LogP contribution in [0.15, 0.2) is 41.3 Å². The van der Waals surface area contributed by atoms with E-state index in [2.05, 4.69) is 41.3 Å². The summed E-state index contributed by atoms with van der Waals surface area (Å²) in [6, 6.07) is 9.46. The molecule has 3 rings (SSSR count). The van der Waals surface area contributed by atoms with Crippen LogP contribution in [0, 0.1) is 13.8 Å². The molecule has 0 aliphatic rings. The number of aryl methyl sites for hydroxylation is 3. The number of benzene rings is 1. The molecular formula is C18H20N4O. The van der Waals surface area contributed by atoms with Crippen molar-refractivity contribution in [1.82, 2.24) is 14.5 Å². The van der Waals surface area contributed by atoms with Crippen LogP contribution in [0.5, 0.6) is 0 Å². The third kappa shape index (κ3) is 3.08. The molecule has 3 aromatic rings. The summed E-state index contributed by atoms with van der Waals surface area (Å²) < 4.78 is 1.70. The number of aromatic nitrogens is 3. The summed E-state index contributed by atoms with van der Waals surface area (Å²) in [5, 5.41) is 4.08. The van der Waals surface area contributed by atoms with Gasteiger partial charge in [0, 0.05) is 29.9 Å². The van der Waals surface area contributed by atoms with Crippen molar-refractivity contribution >= 4 is 22.7 Å². The second-order valence-electron chi connectivity index (χ2n) is 5.72. The fourth-order valence-electron chi connectivity index (χ4n) is 2.52. The van der Waals surface area contributed by atoms with Gasteiger partial charge in [0.25, 0.3) is 5.56 Å². The fourth-order valence-corrected chi connectivity index (χ4v) is 2.52. The summed E-state index contributed by atoms with van der Waals surface area (Å²) in [5.41, 5.74) is 4.02. The van der Waals surface area contributed by atoms with Gasteiger partial charge in [-0.25, -0.2) is 4.98 Å². The molecule has 0 fully saturated rings. The van der Waals surface area contributed by atoms with Crippen molar-refractivity contribution < 1.29 is 0 Å². The lowest BCUT2D eigenvalue weighted by atomic mass is 10.1. The van der Waals surface area contributed by atoms with Gasteiger partial charge in [-0.1, -0.05) is 13.0 Å². The first kappa shape index (κ1) is 15.2. The molecule has 5 nitrogen and oxygen atoms in total. The van der Waals surface area contributed by atoms with E-state index in [4.69, 9.17) is 0 Å². The molecule has 0 aliphatic heterocycles. The maximum atomic E-state index is 12.1. The fraction of sp³-hybridized carbons (Fsp3) is 0.278. The zero-order chi connectivity index (χ0) is 16.4. The number of pyridine rings is 1. The van der Waals surface area contributed by atoms with E-state index in [0.29, 0.717) is 18.1 Å². The van der Waals surface area contributed by atoms with Gasteiger partial charge in [-0.05, 0) is 49.6 Å². The number of hydrogen-bond acceptors (Lipinski definition) is 4. The van der Waals surface area contributed by atoms with Gasteiger partial charge < -0.3 is 5.32 Å². The predicted octanol–water partition coefficient (Wildman–Crippen LogP) is 3.56. The van der Waals surface area contributed by atoms with Gasteiger partial charge in [-0.15, -0.1) is 0 Å². The van der Waals surface area contributed by atoms with Crippen LogP contribution in [-0.2, 0) is 6.54 Å². The molecule has 2 aromatic heterocycles. The van der Waals surface area contributed by atoms with Crippen molar-refractivity contribution in [2.75, 3.05) is 5.32 Å². The summed E-state index contributed by atoms with van der Waals surface area (Å²) in [4.78, 5) is 20.9. The smallest absolute Gasteiger partial charge is 0.252 e. The zero-order valence-electron chi connectivity index (χ0n) is 13.6. The normalized spacial score (nSPS) is 10.9. The molecular weight excluding hydrogens is 288 g/mol. The van der Waals surface area contributed by atoms with Crippen LogP contribution in [0.4, 0.5) is 11.6 Å². The van der Waals surface area contributed by atoms with E-state index in [1.54, 1.807) is 22.9 Å². The Balaban J connectivity index is 2.03. The van der Waals surface area contributed by atoms with E-state index in [-0.39, 0.29) is 5.56 Å². The van der Waals surface area contributed by atoms with E-state index in [1.807, 2.05) is 13.0 Å². The van der Waals surface area contributed by atoms with Gasteiger partial charge in [0.1, 0.15) is 5.65 Å². The summed E-state index contributed by atoms with van der Waals surface area (Å²) in [5.74, 6) is 0.496. The van der Waals surface area contributed by atoms with Gasteiger partial charge >= 0.3 is 0 Å². The van der Waals surface area contributed by atoms with Crippen LogP contribution in [-0.4, -0.2) is 14.5 Å². The Hall–Kier alpha value is -2.69. The highest BCUT2D eigenvalue weighted by Crippen LogP contribution is 2.18. The minimum atomic E-state index is -0.0322. The SMILES string of the molecule is CCCn1c(=O)ccc2cnc(Nc3ccc(C)c(C)c3)nc21. The number of nitrogens with one attached hydrogen (secondary N) is 1. The highest BCUT2D eigenvalue weighted by Gasteiger charge is 2.07. The molecule has 23 heavy (non-hydrogen) atoms. The molecule has 2 heterocycles. The van der Waals surface area contributed by atoms with Crippen molar-refractivity contribution in [3.05, 3.63) is 58.0 Å². The van der Waals surface area contributed by atoms with Gasteiger partial charge in [-0.2, -0.15) is 4.98 Å². The van der Waals surface area contributed by atoms with Crippen LogP contribution in [0.25, 0.3) is 11.0 Å². The lowest BCUT2D eigenvalue weighted by Gasteiger charge is -2.11. The van der Waals surface area contributed by atoms with E-state index >= 15 is 0 Å². The monoisotopic (exact) mass is 308 g/mol. The van der Waals surface area contributed by atoms with Gasteiger partial charge in [0.2, 0.25) is 5.95 Å². The molecule has 0 saturated heterocycles. The summed E-state index contributed by atoms with van der Waals surface area (Å²) in [7, 11) is 0. The maximum Gasteiger partial charge on any atom is 0.252 e. The van der Waals surface area contributed by atoms with Gasteiger partial charge in [0.15, 0.2) is 0 Å². The zero-order valence-corrected chi connectivity index (χ0v) is 13.6. The lowest BCUT2D eigenvalue weighted by Crippen LogP contribution is -2.20. The Morgan fingerprint density at radius 3 is 2.70 bits per heavy atom. The van der Waals surface area contributed by atoms with E-state index < -0.39 is 0 Å². The highest BCUT2D eigenvalue weighted by atomic mass is 16.1. The Labute approximate surface area is 135 Å². The Morgan fingerprint density at radius 2 is 1.96 bits per heavy atom. The van der Waals surface area contributed by atoms with Gasteiger partial charge in [0.05, 0.1) is 0 Å². The van der Waals surface area contributed by atoms with Crippen molar-refractivity contribution in [3.8, 4) is 0 Å². The highest BCUT2D eigenvalue weighted by molar-refractivity contribution is 5.75. The Bertz CT molecular complexity index is 915. The van der Waals surface area contributed by atoms with Crippen LogP contribution in [0.3, 0.4) is 0 Å². The van der Waals surface area contributed by atoms with Crippen molar-refractivity contribution in [2.24, 2.45) is 0 Å². The van der Waals surface area contributed by atoms with Crippen LogP contribution >= 0.6 is 0 Å². The summed E-state index contributed by atoms with van der Waals surface area (Å²) in [6.07, 6.45) is 2.63. The minimum Gasteiger partial charge on any atom is -0.324 e. The second kappa shape index (κ2) is 6.20. The number of fused-ring (bicyclic) bond motifs is 1. The first-order valence-electron chi connectivity index (χ1n) is 7.79. The molecule has 1 aromatic carbocycles. The second-order valence-corrected chi connectivity index (χ2v) is 5.72. The Morgan fingerprint density at radius 1 is 1.13 bits per heavy atom. The first-order chi connectivity index (χ1) is 11.1. The minimum absolute atomic E-state index is 0.0322. The summed E-state index contributed by atoms with van der Waals surface area (Å²) in [6.45, 7) is 6.84. The van der Waals surface area contributed by atoms with Crippen LogP contribution < -0.4 is 10.9 Å². The summed E-state index contributed by atoms with van der Waals surface area (Å²) >= 11 is 0. The standard InChI is InChI=1S/C18H20N4O/c1-4-9-22-16(23)8-6-14-11-19-18(21-17(14)22)20-15-7-5-12(2)13(3)10-15/h5-8,10-11H,4,9H2,1-3H3,(H,19,20,21). The van der Waals surface area contributed by atoms with Crippen LogP contribution in [0.1, 0.15) is 24.5 Å². The number of anilines is 2. The molecule has 0 spiro atoms. The maximum absolute atomic E-state index is 12.1. The molecule has 0 bridgehead atoms. The van der Waals surface area contributed by atoms with Crippen molar-refractivity contribution in [2.45, 2.75) is 33.7 Å². The molecule has 0 saturated carbocycles. The third-order valence-corrected chi connectivity index (χ3v) is 3.93. The van der Waals surface area contributed by atoms with Crippen LogP contribution in [0.2, 0.25) is 0 Å². The molecule has 5 heteroatoms. The van der Waals surface area contributed by atoms with Crippen molar-refractivity contribution in [3.63, 3.8) is 0 Å². The van der Waals surface area contributed by atoms with E-state index in [9.17, 15) is 4.79 Å². The molecule has 1 N–H and O–H groups in total. The quantitative estimate of drug-likeness (QED) is 0.800. The number of rotatable bonds is 4. The number of hydrogen-bond donors (Lipinski definition) is 1. The average molecular weight is 308 g/mol. The molecule has 0 unspecified atom stereocenters. The molecule has 0 amide bonds. The first-order valence-corrected chi connectivity index (χ1v) is 7.79. The molecule has 0 radical (unpaired) electrons. The van der Waals surface area contributed by atoms with Crippen molar-refractivity contribution in [1.29, 1.82) is 0 Å². The number of nitrogens with zero attached hydrogens (tertiary/aromatic N) is 3. The predicted molar refractivity (Wildman–Crippen MR) is 93.3 cm³/mol. The molecule has 0 aliphatic carbocycles. The van der Waals surface area contributed by atoms with Gasteiger partial charge in [-0.3, -0.25) is 9.36 Å². The average Bonchev–Trinajstić information content (AvgIpc) is 2.54. The molecule has 0 atom stereocenters. The topological polar surface area (TPSA) is 59.8 Å². The third-order valence-electron chi connectivity index (χ3n) is 3.93. The molecule has 118 valence electrons.